The zero-order valence-electron chi connectivity index (χ0n) is 9.96. The first-order valence-corrected chi connectivity index (χ1v) is 5.92. The number of carbonyl (C=O) groups excluding carboxylic acids is 2. The van der Waals surface area contributed by atoms with Crippen molar-refractivity contribution in [2.24, 2.45) is 0 Å². The van der Waals surface area contributed by atoms with Crippen LogP contribution in [-0.4, -0.2) is 11.8 Å². The van der Waals surface area contributed by atoms with Gasteiger partial charge < -0.3 is 4.74 Å². The van der Waals surface area contributed by atoms with Crippen LogP contribution in [0.1, 0.15) is 24.8 Å². The zero-order valence-corrected chi connectivity index (χ0v) is 9.96. The number of ether oxygens (including phenoxy) is 1. The lowest BCUT2D eigenvalue weighted by Crippen LogP contribution is -2.08. The molecule has 0 heterocycles. The minimum absolute atomic E-state index is 0.0242. The molecule has 1 aromatic carbocycles. The molecule has 1 aliphatic rings. The van der Waals surface area contributed by atoms with Crippen molar-refractivity contribution in [1.29, 1.82) is 0 Å². The molecule has 3 nitrogen and oxygen atoms in total. The Balaban J connectivity index is 1.93. The standard InChI is InChI=1S/C15H14O3/c16-13-7-4-8-14(11-13)18-15(17)10-9-12-5-2-1-3-6-12/h1-3,5-6,9-11H,4,7-8H2/b10-9+. The SMILES string of the molecule is O=C1C=C(OC(=O)/C=C/c2ccccc2)CCC1. The van der Waals surface area contributed by atoms with Crippen molar-refractivity contribution in [3.8, 4) is 0 Å². The summed E-state index contributed by atoms with van der Waals surface area (Å²) in [4.78, 5) is 22.7. The van der Waals surface area contributed by atoms with Crippen molar-refractivity contribution in [1.82, 2.24) is 0 Å². The van der Waals surface area contributed by atoms with Crippen LogP contribution in [0.15, 0.2) is 48.2 Å². The summed E-state index contributed by atoms with van der Waals surface area (Å²) in [5.41, 5.74) is 0.933. The van der Waals surface area contributed by atoms with Crippen LogP contribution >= 0.6 is 0 Å². The Labute approximate surface area is 106 Å². The fourth-order valence-corrected chi connectivity index (χ4v) is 1.73. The van der Waals surface area contributed by atoms with Crippen LogP contribution in [0.2, 0.25) is 0 Å². The molecule has 0 unspecified atom stereocenters. The molecule has 0 spiro atoms. The third-order valence-corrected chi connectivity index (χ3v) is 2.61. The van der Waals surface area contributed by atoms with Crippen LogP contribution in [0.4, 0.5) is 0 Å². The zero-order chi connectivity index (χ0) is 12.8. The molecule has 0 saturated carbocycles. The van der Waals surface area contributed by atoms with E-state index in [4.69, 9.17) is 4.74 Å². The molecule has 0 aromatic heterocycles. The van der Waals surface area contributed by atoms with E-state index in [0.717, 1.165) is 12.0 Å². The molecule has 0 atom stereocenters. The largest absolute Gasteiger partial charge is 0.428 e. The predicted molar refractivity (Wildman–Crippen MR) is 68.5 cm³/mol. The highest BCUT2D eigenvalue weighted by Crippen LogP contribution is 2.16. The van der Waals surface area contributed by atoms with Crippen molar-refractivity contribution < 1.29 is 14.3 Å². The van der Waals surface area contributed by atoms with Crippen LogP contribution in [0.25, 0.3) is 6.08 Å². The highest BCUT2D eigenvalue weighted by atomic mass is 16.5. The molecular weight excluding hydrogens is 228 g/mol. The Morgan fingerprint density at radius 3 is 2.67 bits per heavy atom. The van der Waals surface area contributed by atoms with Gasteiger partial charge in [0.2, 0.25) is 0 Å². The predicted octanol–water partition coefficient (Wildman–Crippen LogP) is 2.88. The van der Waals surface area contributed by atoms with E-state index in [1.807, 2.05) is 30.3 Å². The van der Waals surface area contributed by atoms with Gasteiger partial charge in [0.05, 0.1) is 0 Å². The Morgan fingerprint density at radius 2 is 1.94 bits per heavy atom. The van der Waals surface area contributed by atoms with E-state index >= 15 is 0 Å². The Hall–Kier alpha value is -2.16. The minimum atomic E-state index is -0.445. The van der Waals surface area contributed by atoms with Crippen molar-refractivity contribution >= 4 is 17.8 Å². The van der Waals surface area contributed by atoms with Gasteiger partial charge in [-0.05, 0) is 18.1 Å². The van der Waals surface area contributed by atoms with Crippen molar-refractivity contribution in [2.75, 3.05) is 0 Å². The van der Waals surface area contributed by atoms with Crippen LogP contribution in [0.5, 0.6) is 0 Å². The van der Waals surface area contributed by atoms with E-state index in [1.165, 1.54) is 12.2 Å². The minimum Gasteiger partial charge on any atom is -0.428 e. The second-order valence-corrected chi connectivity index (χ2v) is 4.10. The first-order chi connectivity index (χ1) is 8.74. The number of hydrogen-bond acceptors (Lipinski definition) is 3. The normalized spacial score (nSPS) is 15.6. The summed E-state index contributed by atoms with van der Waals surface area (Å²) in [6, 6.07) is 9.50. The lowest BCUT2D eigenvalue weighted by atomic mass is 10.1. The second kappa shape index (κ2) is 5.96. The van der Waals surface area contributed by atoms with Crippen molar-refractivity contribution in [2.45, 2.75) is 19.3 Å². The summed E-state index contributed by atoms with van der Waals surface area (Å²) in [5, 5.41) is 0. The molecule has 0 bridgehead atoms. The van der Waals surface area contributed by atoms with E-state index in [2.05, 4.69) is 0 Å². The number of allylic oxidation sites excluding steroid dienone is 2. The average molecular weight is 242 g/mol. The molecule has 0 amide bonds. The summed E-state index contributed by atoms with van der Waals surface area (Å²) < 4.78 is 5.10. The average Bonchev–Trinajstić information content (AvgIpc) is 2.38. The van der Waals surface area contributed by atoms with E-state index in [-0.39, 0.29) is 5.78 Å². The summed E-state index contributed by atoms with van der Waals surface area (Å²) in [6.07, 6.45) is 6.42. The lowest BCUT2D eigenvalue weighted by molar-refractivity contribution is -0.134. The Kier molecular flexibility index (Phi) is 4.07. The summed E-state index contributed by atoms with van der Waals surface area (Å²) in [7, 11) is 0. The maximum atomic E-state index is 11.5. The topological polar surface area (TPSA) is 43.4 Å². The van der Waals surface area contributed by atoms with Gasteiger partial charge in [0, 0.05) is 25.0 Å². The molecule has 0 radical (unpaired) electrons. The summed E-state index contributed by atoms with van der Waals surface area (Å²) >= 11 is 0. The van der Waals surface area contributed by atoms with Crippen molar-refractivity contribution in [3.63, 3.8) is 0 Å². The van der Waals surface area contributed by atoms with Gasteiger partial charge in [-0.1, -0.05) is 30.3 Å². The molecule has 0 aliphatic heterocycles. The molecular formula is C15H14O3. The fourth-order valence-electron chi connectivity index (χ4n) is 1.73. The number of benzene rings is 1. The lowest BCUT2D eigenvalue weighted by Gasteiger charge is -2.10. The van der Waals surface area contributed by atoms with Gasteiger partial charge in [0.25, 0.3) is 0 Å². The first-order valence-electron chi connectivity index (χ1n) is 5.92. The van der Waals surface area contributed by atoms with Crippen LogP contribution in [-0.2, 0) is 14.3 Å². The Bertz CT molecular complexity index is 498. The molecule has 2 rings (SSSR count). The molecule has 92 valence electrons. The summed E-state index contributed by atoms with van der Waals surface area (Å²) in [5.74, 6) is 0.0462. The fraction of sp³-hybridized carbons (Fsp3) is 0.200. The maximum absolute atomic E-state index is 11.5. The molecule has 0 saturated heterocycles. The van der Waals surface area contributed by atoms with Crippen LogP contribution in [0, 0.1) is 0 Å². The van der Waals surface area contributed by atoms with Crippen molar-refractivity contribution in [3.05, 3.63) is 53.8 Å². The second-order valence-electron chi connectivity index (χ2n) is 4.10. The monoisotopic (exact) mass is 242 g/mol. The van der Waals surface area contributed by atoms with Crippen LogP contribution in [0.3, 0.4) is 0 Å². The Morgan fingerprint density at radius 1 is 1.17 bits per heavy atom. The van der Waals surface area contributed by atoms with Gasteiger partial charge in [-0.3, -0.25) is 4.79 Å². The highest BCUT2D eigenvalue weighted by Gasteiger charge is 2.12. The third kappa shape index (κ3) is 3.70. The van der Waals surface area contributed by atoms with Gasteiger partial charge in [-0.2, -0.15) is 0 Å². The molecule has 0 N–H and O–H groups in total. The molecule has 18 heavy (non-hydrogen) atoms. The number of carbonyl (C=O) groups is 2. The first kappa shape index (κ1) is 12.3. The van der Waals surface area contributed by atoms with E-state index in [0.29, 0.717) is 18.6 Å². The van der Waals surface area contributed by atoms with E-state index in [1.54, 1.807) is 6.08 Å². The maximum Gasteiger partial charge on any atom is 0.335 e. The molecule has 1 aromatic rings. The van der Waals surface area contributed by atoms with Crippen LogP contribution < -0.4 is 0 Å². The smallest absolute Gasteiger partial charge is 0.335 e. The number of esters is 1. The quantitative estimate of drug-likeness (QED) is 0.604. The van der Waals surface area contributed by atoms with Gasteiger partial charge in [-0.25, -0.2) is 4.79 Å². The van der Waals surface area contributed by atoms with Gasteiger partial charge in [-0.15, -0.1) is 0 Å². The summed E-state index contributed by atoms with van der Waals surface area (Å²) in [6.45, 7) is 0. The molecule has 3 heteroatoms. The molecule has 0 fully saturated rings. The number of hydrogen-bond donors (Lipinski definition) is 0. The van der Waals surface area contributed by atoms with Gasteiger partial charge in [0.1, 0.15) is 5.76 Å². The molecule has 1 aliphatic carbocycles. The highest BCUT2D eigenvalue weighted by molar-refractivity contribution is 5.92. The number of rotatable bonds is 3. The van der Waals surface area contributed by atoms with E-state index in [9.17, 15) is 9.59 Å². The van der Waals surface area contributed by atoms with E-state index < -0.39 is 5.97 Å². The van der Waals surface area contributed by atoms with Gasteiger partial charge in [0.15, 0.2) is 5.78 Å². The van der Waals surface area contributed by atoms with Gasteiger partial charge >= 0.3 is 5.97 Å². The third-order valence-electron chi connectivity index (χ3n) is 2.61. The number of ketones is 1.